The third-order valence-corrected chi connectivity index (χ3v) is 3.90. The summed E-state index contributed by atoms with van der Waals surface area (Å²) in [6.45, 7) is 0. The second-order valence-corrected chi connectivity index (χ2v) is 6.30. The van der Waals surface area contributed by atoms with Gasteiger partial charge in [-0.3, -0.25) is 9.59 Å². The molecule has 2 atom stereocenters. The molecule has 0 fully saturated rings. The van der Waals surface area contributed by atoms with Crippen LogP contribution in [0, 0.1) is 0 Å². The van der Waals surface area contributed by atoms with Gasteiger partial charge in [0.1, 0.15) is 4.83 Å². The predicted molar refractivity (Wildman–Crippen MR) is 97.8 cm³/mol. The van der Waals surface area contributed by atoms with E-state index in [0.29, 0.717) is 12.8 Å². The van der Waals surface area contributed by atoms with Crippen molar-refractivity contribution in [3.05, 3.63) is 71.8 Å². The summed E-state index contributed by atoms with van der Waals surface area (Å²) in [6.07, 6.45) is 1.03. The lowest BCUT2D eigenvalue weighted by Crippen LogP contribution is -2.38. The zero-order chi connectivity index (χ0) is 17.9. The van der Waals surface area contributed by atoms with Crippen LogP contribution >= 0.6 is 15.9 Å². The first kappa shape index (κ1) is 19.9. The van der Waals surface area contributed by atoms with Crippen LogP contribution in [0.1, 0.15) is 11.1 Å². The highest BCUT2D eigenvalue weighted by Gasteiger charge is 2.12. The summed E-state index contributed by atoms with van der Waals surface area (Å²) in [4.78, 5) is 20.6. The minimum absolute atomic E-state index is 0.459. The summed E-state index contributed by atoms with van der Waals surface area (Å²) in [6, 6.07) is 18.5. The molecular formula is C18H21BrN2O3. The van der Waals surface area contributed by atoms with E-state index in [0.717, 1.165) is 11.1 Å². The number of primary amides is 1. The first-order valence-corrected chi connectivity index (χ1v) is 8.31. The van der Waals surface area contributed by atoms with Gasteiger partial charge in [-0.2, -0.15) is 0 Å². The summed E-state index contributed by atoms with van der Waals surface area (Å²) in [5.74, 6) is -1.28. The topological polar surface area (TPSA) is 106 Å². The molecule has 0 aliphatic heterocycles. The highest BCUT2D eigenvalue weighted by atomic mass is 79.9. The number of hydrogen-bond acceptors (Lipinski definition) is 3. The van der Waals surface area contributed by atoms with Crippen molar-refractivity contribution >= 4 is 27.8 Å². The number of amides is 1. The molecule has 0 unspecified atom stereocenters. The summed E-state index contributed by atoms with van der Waals surface area (Å²) < 4.78 is 0. The third-order valence-electron chi connectivity index (χ3n) is 3.19. The maximum absolute atomic E-state index is 10.6. The van der Waals surface area contributed by atoms with E-state index in [9.17, 15) is 9.59 Å². The van der Waals surface area contributed by atoms with E-state index < -0.39 is 22.7 Å². The minimum atomic E-state index is -0.821. The van der Waals surface area contributed by atoms with Crippen LogP contribution < -0.4 is 11.5 Å². The largest absolute Gasteiger partial charge is 0.480 e. The molecule has 0 saturated heterocycles. The van der Waals surface area contributed by atoms with Crippen molar-refractivity contribution in [2.45, 2.75) is 23.7 Å². The Morgan fingerprint density at radius 1 is 0.917 bits per heavy atom. The van der Waals surface area contributed by atoms with Crippen LogP contribution in [0.3, 0.4) is 0 Å². The second-order valence-electron chi connectivity index (χ2n) is 5.19. The van der Waals surface area contributed by atoms with Crippen molar-refractivity contribution in [3.8, 4) is 0 Å². The van der Waals surface area contributed by atoms with Crippen LogP contribution in [0.2, 0.25) is 0 Å². The third kappa shape index (κ3) is 7.89. The van der Waals surface area contributed by atoms with E-state index in [4.69, 9.17) is 16.6 Å². The van der Waals surface area contributed by atoms with Gasteiger partial charge < -0.3 is 16.6 Å². The Bertz CT molecular complexity index is 578. The molecule has 2 rings (SSSR count). The van der Waals surface area contributed by atoms with E-state index >= 15 is 0 Å². The van der Waals surface area contributed by atoms with Crippen molar-refractivity contribution in [2.24, 2.45) is 11.5 Å². The van der Waals surface area contributed by atoms with Crippen LogP contribution in [0.25, 0.3) is 0 Å². The van der Waals surface area contributed by atoms with Crippen molar-refractivity contribution < 1.29 is 14.7 Å². The molecule has 5 N–H and O–H groups in total. The molecule has 0 aliphatic carbocycles. The van der Waals surface area contributed by atoms with Gasteiger partial charge in [0.15, 0.2) is 0 Å². The van der Waals surface area contributed by atoms with Gasteiger partial charge in [-0.05, 0) is 24.0 Å². The Hall–Kier alpha value is -2.18. The molecule has 1 amide bonds. The van der Waals surface area contributed by atoms with Gasteiger partial charge >= 0.3 is 5.97 Å². The second kappa shape index (κ2) is 10.6. The smallest absolute Gasteiger partial charge is 0.317 e. The molecule has 128 valence electrons. The number of alkyl halides is 1. The molecule has 0 radical (unpaired) electrons. The number of hydrogen-bond donors (Lipinski definition) is 3. The van der Waals surface area contributed by atoms with Crippen LogP contribution in [-0.4, -0.2) is 27.9 Å². The predicted octanol–water partition coefficient (Wildman–Crippen LogP) is 2.12. The first-order valence-electron chi connectivity index (χ1n) is 7.39. The number of aliphatic carboxylic acids is 1. The average Bonchev–Trinajstić information content (AvgIpc) is 2.57. The van der Waals surface area contributed by atoms with E-state index in [1.807, 2.05) is 60.7 Å². The fourth-order valence-electron chi connectivity index (χ4n) is 1.88. The van der Waals surface area contributed by atoms with E-state index in [1.54, 1.807) is 0 Å². The molecule has 2 aromatic carbocycles. The highest BCUT2D eigenvalue weighted by molar-refractivity contribution is 9.10. The van der Waals surface area contributed by atoms with Gasteiger partial charge in [-0.15, -0.1) is 0 Å². The van der Waals surface area contributed by atoms with Gasteiger partial charge in [0, 0.05) is 0 Å². The molecular weight excluding hydrogens is 372 g/mol. The van der Waals surface area contributed by atoms with Crippen LogP contribution in [0.15, 0.2) is 60.7 Å². The quantitative estimate of drug-likeness (QED) is 0.654. The monoisotopic (exact) mass is 392 g/mol. The van der Waals surface area contributed by atoms with Crippen LogP contribution in [0.5, 0.6) is 0 Å². The SMILES string of the molecule is NC(=O)[C@H](N)Cc1ccccc1.O=C(O)[C@H](Br)Cc1ccccc1. The highest BCUT2D eigenvalue weighted by Crippen LogP contribution is 2.09. The standard InChI is InChI=1S/C9H9BrO2.C9H12N2O/c2*10-8(9(11)12)6-7-4-2-1-3-5-7/h1-5,8H,6H2,(H,11,12);1-5,8H,6,10H2,(H2,11,12)/t2*8-/m11/s1. The van der Waals surface area contributed by atoms with E-state index in [-0.39, 0.29) is 0 Å². The summed E-state index contributed by atoms with van der Waals surface area (Å²) in [7, 11) is 0. The maximum Gasteiger partial charge on any atom is 0.317 e. The number of carbonyl (C=O) groups is 2. The number of carboxylic acid groups (broad SMARTS) is 1. The Morgan fingerprint density at radius 2 is 1.33 bits per heavy atom. The molecule has 0 aromatic heterocycles. The maximum atomic E-state index is 10.6. The molecule has 2 aromatic rings. The molecule has 0 saturated carbocycles. The minimum Gasteiger partial charge on any atom is -0.480 e. The average molecular weight is 393 g/mol. The Morgan fingerprint density at radius 3 is 1.71 bits per heavy atom. The molecule has 0 bridgehead atoms. The molecule has 0 aliphatic rings. The number of rotatable bonds is 6. The molecule has 24 heavy (non-hydrogen) atoms. The lowest BCUT2D eigenvalue weighted by molar-refractivity contribution is -0.136. The van der Waals surface area contributed by atoms with Crippen molar-refractivity contribution in [3.63, 3.8) is 0 Å². The molecule has 6 heteroatoms. The Labute approximate surface area is 149 Å². The first-order chi connectivity index (χ1) is 11.4. The Balaban J connectivity index is 0.000000240. The number of halogens is 1. The molecule has 0 heterocycles. The molecule has 5 nitrogen and oxygen atoms in total. The zero-order valence-electron chi connectivity index (χ0n) is 13.1. The molecule has 0 spiro atoms. The van der Waals surface area contributed by atoms with E-state index in [1.165, 1.54) is 0 Å². The van der Waals surface area contributed by atoms with Crippen molar-refractivity contribution in [2.75, 3.05) is 0 Å². The van der Waals surface area contributed by atoms with Crippen LogP contribution in [0.4, 0.5) is 0 Å². The number of carboxylic acids is 1. The van der Waals surface area contributed by atoms with Gasteiger partial charge in [-0.25, -0.2) is 0 Å². The van der Waals surface area contributed by atoms with Gasteiger partial charge in [0.25, 0.3) is 0 Å². The van der Waals surface area contributed by atoms with Gasteiger partial charge in [0.05, 0.1) is 6.04 Å². The van der Waals surface area contributed by atoms with Gasteiger partial charge in [-0.1, -0.05) is 76.6 Å². The fraction of sp³-hybridized carbons (Fsp3) is 0.222. The lowest BCUT2D eigenvalue weighted by Gasteiger charge is -2.06. The number of nitrogens with two attached hydrogens (primary N) is 2. The normalized spacial score (nSPS) is 12.4. The van der Waals surface area contributed by atoms with E-state index in [2.05, 4.69) is 15.9 Å². The summed E-state index contributed by atoms with van der Waals surface area (Å²) in [5, 5.41) is 8.60. The summed E-state index contributed by atoms with van der Waals surface area (Å²) >= 11 is 3.08. The lowest BCUT2D eigenvalue weighted by atomic mass is 10.1. The fourth-order valence-corrected chi connectivity index (χ4v) is 2.25. The Kier molecular flexibility index (Phi) is 8.75. The number of benzene rings is 2. The number of carbonyl (C=O) groups excluding carboxylic acids is 1. The summed E-state index contributed by atoms with van der Waals surface area (Å²) in [5.41, 5.74) is 12.6. The van der Waals surface area contributed by atoms with Gasteiger partial charge in [0.2, 0.25) is 5.91 Å². The van der Waals surface area contributed by atoms with Crippen molar-refractivity contribution in [1.82, 2.24) is 0 Å². The van der Waals surface area contributed by atoms with Crippen LogP contribution in [-0.2, 0) is 22.4 Å². The zero-order valence-corrected chi connectivity index (χ0v) is 14.7. The van der Waals surface area contributed by atoms with Crippen molar-refractivity contribution in [1.29, 1.82) is 0 Å².